The molecule has 0 N–H and O–H groups in total. The number of rotatable bonds is 3. The van der Waals surface area contributed by atoms with Gasteiger partial charge in [-0.1, -0.05) is 17.7 Å². The largest absolute Gasteiger partial charge is 0.346 e. The summed E-state index contributed by atoms with van der Waals surface area (Å²) in [5.41, 5.74) is 5.33. The zero-order valence-corrected chi connectivity index (χ0v) is 10.9. The van der Waals surface area contributed by atoms with Gasteiger partial charge in [0, 0.05) is 20.5 Å². The highest BCUT2D eigenvalue weighted by molar-refractivity contribution is 5.72. The van der Waals surface area contributed by atoms with E-state index in [0.29, 0.717) is 0 Å². The van der Waals surface area contributed by atoms with Gasteiger partial charge in [-0.25, -0.2) is 0 Å². The van der Waals surface area contributed by atoms with Gasteiger partial charge in [-0.15, -0.1) is 0 Å². The molecule has 0 unspecified atom stereocenters. The summed E-state index contributed by atoms with van der Waals surface area (Å²) in [6.07, 6.45) is 0.939. The molecule has 1 amide bonds. The Morgan fingerprint density at radius 2 is 1.69 bits per heavy atom. The fourth-order valence-electron chi connectivity index (χ4n) is 2.04. The summed E-state index contributed by atoms with van der Waals surface area (Å²) in [7, 11) is 1.85. The lowest BCUT2D eigenvalue weighted by molar-refractivity contribution is -0.127. The maximum Gasteiger partial charge on any atom is 0.219 e. The van der Waals surface area contributed by atoms with Gasteiger partial charge in [-0.05, 0) is 43.9 Å². The topological polar surface area (TPSA) is 20.3 Å². The van der Waals surface area contributed by atoms with Crippen LogP contribution in [-0.4, -0.2) is 24.4 Å². The first kappa shape index (κ1) is 12.8. The van der Waals surface area contributed by atoms with E-state index < -0.39 is 0 Å². The van der Waals surface area contributed by atoms with Crippen LogP contribution < -0.4 is 0 Å². The maximum absolute atomic E-state index is 11.1. The van der Waals surface area contributed by atoms with E-state index in [9.17, 15) is 4.79 Å². The van der Waals surface area contributed by atoms with Crippen LogP contribution in [0.25, 0.3) is 0 Å². The number of nitrogens with zero attached hydrogens (tertiary/aromatic N) is 1. The summed E-state index contributed by atoms with van der Waals surface area (Å²) in [6, 6.07) is 4.41. The summed E-state index contributed by atoms with van der Waals surface area (Å²) in [4.78, 5) is 12.9. The number of carbonyl (C=O) groups excluding carboxylic acids is 1. The van der Waals surface area contributed by atoms with Crippen molar-refractivity contribution in [3.05, 3.63) is 34.4 Å². The van der Waals surface area contributed by atoms with Crippen LogP contribution in [0.3, 0.4) is 0 Å². The van der Waals surface area contributed by atoms with Gasteiger partial charge in [0.05, 0.1) is 0 Å². The maximum atomic E-state index is 11.1. The Morgan fingerprint density at radius 1 is 1.19 bits per heavy atom. The van der Waals surface area contributed by atoms with Crippen molar-refractivity contribution in [2.75, 3.05) is 13.6 Å². The van der Waals surface area contributed by atoms with E-state index in [0.717, 1.165) is 13.0 Å². The van der Waals surface area contributed by atoms with Crippen molar-refractivity contribution in [3.63, 3.8) is 0 Å². The smallest absolute Gasteiger partial charge is 0.219 e. The number of hydrogen-bond donors (Lipinski definition) is 0. The van der Waals surface area contributed by atoms with E-state index in [2.05, 4.69) is 32.9 Å². The fourth-order valence-corrected chi connectivity index (χ4v) is 2.04. The van der Waals surface area contributed by atoms with Crippen molar-refractivity contribution in [2.24, 2.45) is 0 Å². The molecule has 1 rings (SSSR count). The minimum absolute atomic E-state index is 0.127. The lowest BCUT2D eigenvalue weighted by Gasteiger charge is -2.17. The molecule has 0 fully saturated rings. The minimum Gasteiger partial charge on any atom is -0.346 e. The third kappa shape index (κ3) is 3.09. The minimum atomic E-state index is 0.127. The Hall–Kier alpha value is -1.31. The summed E-state index contributed by atoms with van der Waals surface area (Å²) in [6.45, 7) is 8.80. The van der Waals surface area contributed by atoms with Gasteiger partial charge in [0.1, 0.15) is 0 Å². The van der Waals surface area contributed by atoms with Crippen LogP contribution >= 0.6 is 0 Å². The summed E-state index contributed by atoms with van der Waals surface area (Å²) in [5, 5.41) is 0. The predicted molar refractivity (Wildman–Crippen MR) is 67.7 cm³/mol. The molecule has 0 saturated carbocycles. The van der Waals surface area contributed by atoms with Crippen LogP contribution in [0.5, 0.6) is 0 Å². The van der Waals surface area contributed by atoms with Crippen molar-refractivity contribution < 1.29 is 4.79 Å². The molecule has 1 aromatic rings. The zero-order chi connectivity index (χ0) is 12.3. The molecule has 0 spiro atoms. The standard InChI is InChI=1S/C14H21NO/c1-10-8-11(2)14(12(3)9-10)6-7-15(5)13(4)16/h8-9H,6-7H2,1-5H3. The van der Waals surface area contributed by atoms with Gasteiger partial charge >= 0.3 is 0 Å². The molecule has 0 saturated heterocycles. The second kappa shape index (κ2) is 5.15. The molecule has 0 aliphatic rings. The Bertz CT molecular complexity index is 373. The van der Waals surface area contributed by atoms with Crippen LogP contribution in [-0.2, 0) is 11.2 Å². The molecule has 0 radical (unpaired) electrons. The third-order valence-corrected chi connectivity index (χ3v) is 3.08. The molecule has 0 aromatic heterocycles. The van der Waals surface area contributed by atoms with Gasteiger partial charge in [-0.3, -0.25) is 4.79 Å². The molecule has 0 aliphatic heterocycles. The number of hydrogen-bond acceptors (Lipinski definition) is 1. The summed E-state index contributed by atoms with van der Waals surface area (Å²) < 4.78 is 0. The normalized spacial score (nSPS) is 10.3. The first-order valence-electron chi connectivity index (χ1n) is 5.70. The molecule has 0 aliphatic carbocycles. The van der Waals surface area contributed by atoms with Crippen LogP contribution in [0.1, 0.15) is 29.2 Å². The monoisotopic (exact) mass is 219 g/mol. The number of aryl methyl sites for hydroxylation is 3. The van der Waals surface area contributed by atoms with Crippen LogP contribution in [0.4, 0.5) is 0 Å². The molecule has 16 heavy (non-hydrogen) atoms. The first-order valence-corrected chi connectivity index (χ1v) is 5.70. The second-order valence-corrected chi connectivity index (χ2v) is 4.57. The van der Waals surface area contributed by atoms with Gasteiger partial charge in [-0.2, -0.15) is 0 Å². The molecule has 2 heteroatoms. The molecular weight excluding hydrogens is 198 g/mol. The van der Waals surface area contributed by atoms with Gasteiger partial charge < -0.3 is 4.90 Å². The van der Waals surface area contributed by atoms with Crippen molar-refractivity contribution in [1.82, 2.24) is 4.90 Å². The van der Waals surface area contributed by atoms with E-state index in [1.54, 1.807) is 11.8 Å². The average Bonchev–Trinajstić information content (AvgIpc) is 2.15. The van der Waals surface area contributed by atoms with Crippen LogP contribution in [0.2, 0.25) is 0 Å². The highest BCUT2D eigenvalue weighted by Gasteiger charge is 2.07. The van der Waals surface area contributed by atoms with Gasteiger partial charge in [0.25, 0.3) is 0 Å². The van der Waals surface area contributed by atoms with Crippen molar-refractivity contribution >= 4 is 5.91 Å². The highest BCUT2D eigenvalue weighted by Crippen LogP contribution is 2.17. The van der Waals surface area contributed by atoms with Crippen molar-refractivity contribution in [3.8, 4) is 0 Å². The third-order valence-electron chi connectivity index (χ3n) is 3.08. The zero-order valence-electron chi connectivity index (χ0n) is 10.9. The lowest BCUT2D eigenvalue weighted by Crippen LogP contribution is -2.26. The van der Waals surface area contributed by atoms with Crippen molar-refractivity contribution in [2.45, 2.75) is 34.1 Å². The molecule has 0 atom stereocenters. The van der Waals surface area contributed by atoms with E-state index in [4.69, 9.17) is 0 Å². The van der Waals surface area contributed by atoms with E-state index in [-0.39, 0.29) is 5.91 Å². The summed E-state index contributed by atoms with van der Waals surface area (Å²) >= 11 is 0. The molecule has 2 nitrogen and oxygen atoms in total. The number of carbonyl (C=O) groups is 1. The van der Waals surface area contributed by atoms with Crippen molar-refractivity contribution in [1.29, 1.82) is 0 Å². The van der Waals surface area contributed by atoms with E-state index in [1.165, 1.54) is 22.3 Å². The molecule has 0 bridgehead atoms. The predicted octanol–water partition coefficient (Wildman–Crippen LogP) is 2.63. The van der Waals surface area contributed by atoms with Crippen LogP contribution in [0, 0.1) is 20.8 Å². The van der Waals surface area contributed by atoms with Crippen LogP contribution in [0.15, 0.2) is 12.1 Å². The lowest BCUT2D eigenvalue weighted by atomic mass is 9.97. The highest BCUT2D eigenvalue weighted by atomic mass is 16.2. The Labute approximate surface area is 98.3 Å². The van der Waals surface area contributed by atoms with E-state index in [1.807, 2.05) is 7.05 Å². The Kier molecular flexibility index (Phi) is 4.11. The SMILES string of the molecule is CC(=O)N(C)CCc1c(C)cc(C)cc1C. The molecule has 0 heterocycles. The first-order chi connectivity index (χ1) is 7.41. The van der Waals surface area contributed by atoms with E-state index >= 15 is 0 Å². The molecular formula is C14H21NO. The average molecular weight is 219 g/mol. The quantitative estimate of drug-likeness (QED) is 0.765. The molecule has 1 aromatic carbocycles. The molecule has 88 valence electrons. The Balaban J connectivity index is 2.78. The van der Waals surface area contributed by atoms with Gasteiger partial charge in [0.2, 0.25) is 5.91 Å². The summed E-state index contributed by atoms with van der Waals surface area (Å²) in [5.74, 6) is 0.127. The Morgan fingerprint density at radius 3 is 2.12 bits per heavy atom. The number of amides is 1. The number of benzene rings is 1. The van der Waals surface area contributed by atoms with Gasteiger partial charge in [0.15, 0.2) is 0 Å². The number of likely N-dealkylation sites (N-methyl/N-ethyl adjacent to an activating group) is 1. The fraction of sp³-hybridized carbons (Fsp3) is 0.500. The second-order valence-electron chi connectivity index (χ2n) is 4.57.